The van der Waals surface area contributed by atoms with Gasteiger partial charge in [0, 0.05) is 23.7 Å². The summed E-state index contributed by atoms with van der Waals surface area (Å²) >= 11 is 0. The van der Waals surface area contributed by atoms with E-state index in [2.05, 4.69) is 52.3 Å². The maximum absolute atomic E-state index is 4.59. The fraction of sp³-hybridized carbons (Fsp3) is 0.400. The highest BCUT2D eigenvalue weighted by molar-refractivity contribution is 5.65. The Balaban J connectivity index is 2.06. The molecule has 0 radical (unpaired) electrons. The number of aryl methyl sites for hydroxylation is 1. The first-order chi connectivity index (χ1) is 9.13. The van der Waals surface area contributed by atoms with Gasteiger partial charge in [-0.15, -0.1) is 0 Å². The molecule has 1 aromatic heterocycles. The van der Waals surface area contributed by atoms with Crippen LogP contribution in [0.4, 0.5) is 5.69 Å². The Hall–Kier alpha value is -1.97. The van der Waals surface area contributed by atoms with E-state index in [1.807, 2.05) is 6.92 Å². The van der Waals surface area contributed by atoms with Crippen molar-refractivity contribution in [3.05, 3.63) is 35.4 Å². The standard InChI is InChI=1S/C15H18N4/c1-9(2)14-17-10(3)18-15(19-14)12-4-5-13-11(8-12)6-7-16-13/h4-5,8-9,16H,6-7H2,1-3H3. The van der Waals surface area contributed by atoms with Crippen molar-refractivity contribution >= 4 is 5.69 Å². The third-order valence-electron chi connectivity index (χ3n) is 3.35. The molecule has 2 heterocycles. The van der Waals surface area contributed by atoms with Crippen molar-refractivity contribution in [1.82, 2.24) is 15.0 Å². The van der Waals surface area contributed by atoms with Crippen LogP contribution in [-0.4, -0.2) is 21.5 Å². The van der Waals surface area contributed by atoms with Crippen molar-refractivity contribution in [1.29, 1.82) is 0 Å². The fourth-order valence-electron chi connectivity index (χ4n) is 2.33. The van der Waals surface area contributed by atoms with Gasteiger partial charge in [-0.2, -0.15) is 0 Å². The van der Waals surface area contributed by atoms with Crippen molar-refractivity contribution in [2.24, 2.45) is 0 Å². The highest BCUT2D eigenvalue weighted by Gasteiger charge is 2.13. The molecule has 0 aliphatic carbocycles. The third-order valence-corrected chi connectivity index (χ3v) is 3.35. The van der Waals surface area contributed by atoms with Gasteiger partial charge in [0.25, 0.3) is 0 Å². The lowest BCUT2D eigenvalue weighted by Crippen LogP contribution is -2.04. The van der Waals surface area contributed by atoms with E-state index in [4.69, 9.17) is 0 Å². The van der Waals surface area contributed by atoms with E-state index >= 15 is 0 Å². The van der Waals surface area contributed by atoms with Gasteiger partial charge in [-0.05, 0) is 37.1 Å². The van der Waals surface area contributed by atoms with Gasteiger partial charge in [-0.25, -0.2) is 15.0 Å². The molecule has 3 rings (SSSR count). The Labute approximate surface area is 113 Å². The lowest BCUT2D eigenvalue weighted by molar-refractivity contribution is 0.750. The lowest BCUT2D eigenvalue weighted by Gasteiger charge is -2.08. The first-order valence-corrected chi connectivity index (χ1v) is 6.73. The number of hydrogen-bond acceptors (Lipinski definition) is 4. The minimum atomic E-state index is 0.316. The molecule has 0 atom stereocenters. The first-order valence-electron chi connectivity index (χ1n) is 6.73. The maximum Gasteiger partial charge on any atom is 0.163 e. The summed E-state index contributed by atoms with van der Waals surface area (Å²) in [4.78, 5) is 13.5. The first kappa shape index (κ1) is 12.1. The van der Waals surface area contributed by atoms with E-state index in [9.17, 15) is 0 Å². The average molecular weight is 254 g/mol. The second-order valence-corrected chi connectivity index (χ2v) is 5.27. The summed E-state index contributed by atoms with van der Waals surface area (Å²) < 4.78 is 0. The van der Waals surface area contributed by atoms with Crippen LogP contribution >= 0.6 is 0 Å². The Morgan fingerprint density at radius 2 is 2.00 bits per heavy atom. The zero-order valence-electron chi connectivity index (χ0n) is 11.6. The largest absolute Gasteiger partial charge is 0.384 e. The summed E-state index contributed by atoms with van der Waals surface area (Å²) in [6.07, 6.45) is 1.07. The molecular weight excluding hydrogens is 236 g/mol. The minimum Gasteiger partial charge on any atom is -0.384 e. The van der Waals surface area contributed by atoms with Crippen LogP contribution in [0.1, 0.15) is 37.0 Å². The van der Waals surface area contributed by atoms with Crippen LogP contribution in [0.5, 0.6) is 0 Å². The normalized spacial score (nSPS) is 13.5. The second-order valence-electron chi connectivity index (χ2n) is 5.27. The summed E-state index contributed by atoms with van der Waals surface area (Å²) in [5.74, 6) is 2.75. The minimum absolute atomic E-state index is 0.316. The zero-order chi connectivity index (χ0) is 13.4. The quantitative estimate of drug-likeness (QED) is 0.895. The van der Waals surface area contributed by atoms with E-state index in [0.717, 1.165) is 36.0 Å². The number of anilines is 1. The molecule has 1 aromatic carbocycles. The van der Waals surface area contributed by atoms with Gasteiger partial charge in [0.15, 0.2) is 5.82 Å². The number of nitrogens with one attached hydrogen (secondary N) is 1. The number of benzene rings is 1. The molecule has 0 bridgehead atoms. The van der Waals surface area contributed by atoms with Crippen LogP contribution in [0.15, 0.2) is 18.2 Å². The Kier molecular flexibility index (Phi) is 2.93. The molecule has 4 nitrogen and oxygen atoms in total. The highest BCUT2D eigenvalue weighted by Crippen LogP contribution is 2.27. The Bertz CT molecular complexity index is 620. The van der Waals surface area contributed by atoms with Crippen LogP contribution in [0.3, 0.4) is 0 Å². The number of hydrogen-bond donors (Lipinski definition) is 1. The van der Waals surface area contributed by atoms with Crippen LogP contribution in [-0.2, 0) is 6.42 Å². The number of rotatable bonds is 2. The molecule has 2 aromatic rings. The van der Waals surface area contributed by atoms with Crippen molar-refractivity contribution < 1.29 is 0 Å². The summed E-state index contributed by atoms with van der Waals surface area (Å²) in [6, 6.07) is 6.39. The van der Waals surface area contributed by atoms with E-state index < -0.39 is 0 Å². The zero-order valence-corrected chi connectivity index (χ0v) is 11.6. The predicted molar refractivity (Wildman–Crippen MR) is 76.3 cm³/mol. The Morgan fingerprint density at radius 3 is 2.79 bits per heavy atom. The molecule has 0 unspecified atom stereocenters. The van der Waals surface area contributed by atoms with E-state index in [0.29, 0.717) is 5.92 Å². The molecule has 0 fully saturated rings. The summed E-state index contributed by atoms with van der Waals surface area (Å²) in [5, 5.41) is 3.37. The summed E-state index contributed by atoms with van der Waals surface area (Å²) in [6.45, 7) is 7.15. The monoisotopic (exact) mass is 254 g/mol. The van der Waals surface area contributed by atoms with E-state index in [1.54, 1.807) is 0 Å². The Morgan fingerprint density at radius 1 is 1.16 bits per heavy atom. The molecule has 0 spiro atoms. The molecule has 98 valence electrons. The van der Waals surface area contributed by atoms with Crippen LogP contribution in [0, 0.1) is 6.92 Å². The van der Waals surface area contributed by atoms with Crippen molar-refractivity contribution in [3.8, 4) is 11.4 Å². The summed E-state index contributed by atoms with van der Waals surface area (Å²) in [5.41, 5.74) is 3.66. The molecule has 1 aliphatic heterocycles. The van der Waals surface area contributed by atoms with Gasteiger partial charge >= 0.3 is 0 Å². The van der Waals surface area contributed by atoms with Gasteiger partial charge in [0.05, 0.1) is 0 Å². The number of fused-ring (bicyclic) bond motifs is 1. The van der Waals surface area contributed by atoms with E-state index in [-0.39, 0.29) is 0 Å². The fourth-order valence-corrected chi connectivity index (χ4v) is 2.33. The summed E-state index contributed by atoms with van der Waals surface area (Å²) in [7, 11) is 0. The van der Waals surface area contributed by atoms with E-state index in [1.165, 1.54) is 11.3 Å². The average Bonchev–Trinajstić information content (AvgIpc) is 2.85. The molecule has 1 aliphatic rings. The topological polar surface area (TPSA) is 50.7 Å². The molecule has 0 saturated carbocycles. The van der Waals surface area contributed by atoms with Crippen LogP contribution < -0.4 is 5.32 Å². The van der Waals surface area contributed by atoms with Crippen LogP contribution in [0.25, 0.3) is 11.4 Å². The number of aromatic nitrogens is 3. The third kappa shape index (κ3) is 2.30. The van der Waals surface area contributed by atoms with Gasteiger partial charge < -0.3 is 5.32 Å². The maximum atomic E-state index is 4.59. The van der Waals surface area contributed by atoms with Crippen molar-refractivity contribution in [3.63, 3.8) is 0 Å². The molecule has 4 heteroatoms. The molecule has 1 N–H and O–H groups in total. The lowest BCUT2D eigenvalue weighted by atomic mass is 10.1. The molecule has 19 heavy (non-hydrogen) atoms. The van der Waals surface area contributed by atoms with Gasteiger partial charge in [0.2, 0.25) is 0 Å². The van der Waals surface area contributed by atoms with Crippen molar-refractivity contribution in [2.45, 2.75) is 33.1 Å². The van der Waals surface area contributed by atoms with Crippen molar-refractivity contribution in [2.75, 3.05) is 11.9 Å². The SMILES string of the molecule is Cc1nc(-c2ccc3c(c2)CCN3)nc(C(C)C)n1. The van der Waals surface area contributed by atoms with Gasteiger partial charge in [-0.1, -0.05) is 13.8 Å². The molecule has 0 saturated heterocycles. The van der Waals surface area contributed by atoms with Gasteiger partial charge in [0.1, 0.15) is 11.6 Å². The smallest absolute Gasteiger partial charge is 0.163 e. The predicted octanol–water partition coefficient (Wildman–Crippen LogP) is 2.94. The molecular formula is C15H18N4. The highest BCUT2D eigenvalue weighted by atomic mass is 15.0. The second kappa shape index (κ2) is 4.61. The van der Waals surface area contributed by atoms with Crippen LogP contribution in [0.2, 0.25) is 0 Å². The molecule has 0 amide bonds. The van der Waals surface area contributed by atoms with Gasteiger partial charge in [-0.3, -0.25) is 0 Å². The number of nitrogens with zero attached hydrogens (tertiary/aromatic N) is 3.